The van der Waals surface area contributed by atoms with Crippen molar-refractivity contribution in [2.24, 2.45) is 11.1 Å². The lowest BCUT2D eigenvalue weighted by Crippen LogP contribution is -2.47. The van der Waals surface area contributed by atoms with Crippen LogP contribution in [0, 0.1) is 5.92 Å². The minimum absolute atomic E-state index is 0.0386. The van der Waals surface area contributed by atoms with Crippen molar-refractivity contribution in [1.29, 1.82) is 0 Å². The van der Waals surface area contributed by atoms with Gasteiger partial charge in [0.25, 0.3) is 5.56 Å². The van der Waals surface area contributed by atoms with Crippen LogP contribution in [-0.4, -0.2) is 58.8 Å². The topological polar surface area (TPSA) is 104 Å². The number of aromatic amines is 1. The van der Waals surface area contributed by atoms with Crippen molar-refractivity contribution in [3.63, 3.8) is 0 Å². The van der Waals surface area contributed by atoms with Gasteiger partial charge in [-0.15, -0.1) is 0 Å². The molecule has 9 heteroatoms. The molecule has 1 saturated heterocycles. The Morgan fingerprint density at radius 2 is 2.04 bits per heavy atom. The largest absolute Gasteiger partial charge is 0.403 e. The number of likely N-dealkylation sites (N-methyl/N-ethyl adjacent to an activating group) is 1. The van der Waals surface area contributed by atoms with E-state index in [9.17, 15) is 9.59 Å². The average molecular weight is 389 g/mol. The fourth-order valence-electron chi connectivity index (χ4n) is 3.20. The lowest BCUT2D eigenvalue weighted by atomic mass is 10.1. The first kappa shape index (κ1) is 20.1. The third kappa shape index (κ3) is 4.59. The molecule has 0 spiro atoms. The number of oxime groups is 1. The fraction of sp³-hybridized carbons (Fsp3) is 0.579. The van der Waals surface area contributed by atoms with E-state index in [4.69, 9.17) is 9.25 Å². The van der Waals surface area contributed by atoms with Crippen molar-refractivity contribution in [2.45, 2.75) is 33.6 Å². The minimum Gasteiger partial charge on any atom is -0.403 e. The Morgan fingerprint density at radius 1 is 1.32 bits per heavy atom. The van der Waals surface area contributed by atoms with Crippen LogP contribution in [0.3, 0.4) is 0 Å². The molecule has 152 valence electrons. The van der Waals surface area contributed by atoms with Crippen LogP contribution in [0.25, 0.3) is 11.1 Å². The molecule has 2 aromatic rings. The molecular weight excluding hydrogens is 362 g/mol. The first-order valence-corrected chi connectivity index (χ1v) is 9.61. The molecule has 0 atom stereocenters. The first-order valence-electron chi connectivity index (χ1n) is 9.61. The van der Waals surface area contributed by atoms with Gasteiger partial charge in [0.15, 0.2) is 0 Å². The molecule has 2 aromatic heterocycles. The normalized spacial score (nSPS) is 16.2. The summed E-state index contributed by atoms with van der Waals surface area (Å²) in [5.74, 6) is 1.21. The zero-order valence-electron chi connectivity index (χ0n) is 16.8. The zero-order valence-corrected chi connectivity index (χ0v) is 16.8. The van der Waals surface area contributed by atoms with E-state index < -0.39 is 11.2 Å². The Hall–Kier alpha value is -2.68. The average Bonchev–Trinajstić information content (AvgIpc) is 2.64. The Balaban J connectivity index is 1.91. The maximum Gasteiger partial charge on any atom is 0.337 e. The van der Waals surface area contributed by atoms with Crippen LogP contribution in [-0.2, 0) is 6.42 Å². The number of piperazine rings is 1. The van der Waals surface area contributed by atoms with Gasteiger partial charge in [0.05, 0.1) is 0 Å². The number of rotatable bonds is 5. The molecular formula is C19H27N5O4. The fourth-order valence-corrected chi connectivity index (χ4v) is 3.20. The molecule has 28 heavy (non-hydrogen) atoms. The molecule has 1 aliphatic rings. The second-order valence-corrected chi connectivity index (χ2v) is 7.48. The quantitative estimate of drug-likeness (QED) is 0.468. The summed E-state index contributed by atoms with van der Waals surface area (Å²) in [6.07, 6.45) is 1.27. The van der Waals surface area contributed by atoms with Crippen LogP contribution in [0.5, 0.6) is 6.01 Å². The van der Waals surface area contributed by atoms with Gasteiger partial charge in [-0.25, -0.2) is 4.79 Å². The molecule has 3 rings (SSSR count). The van der Waals surface area contributed by atoms with E-state index in [1.54, 1.807) is 0 Å². The van der Waals surface area contributed by atoms with Crippen molar-refractivity contribution in [3.8, 4) is 6.01 Å². The number of aromatic nitrogens is 2. The Labute approximate surface area is 163 Å². The highest BCUT2D eigenvalue weighted by molar-refractivity contribution is 5.82. The summed E-state index contributed by atoms with van der Waals surface area (Å²) < 4.78 is 5.09. The molecule has 9 nitrogen and oxygen atoms in total. The third-order valence-electron chi connectivity index (χ3n) is 4.75. The molecule has 1 fully saturated rings. The highest BCUT2D eigenvalue weighted by Gasteiger charge is 2.19. The number of hydrogen-bond acceptors (Lipinski definition) is 7. The van der Waals surface area contributed by atoms with Gasteiger partial charge in [-0.2, -0.15) is 4.98 Å². The molecule has 0 saturated carbocycles. The van der Waals surface area contributed by atoms with Crippen molar-refractivity contribution in [1.82, 2.24) is 19.8 Å². The number of amidine groups is 1. The molecule has 1 aliphatic heterocycles. The van der Waals surface area contributed by atoms with Gasteiger partial charge in [-0.1, -0.05) is 25.9 Å². The van der Waals surface area contributed by atoms with Gasteiger partial charge in [0.1, 0.15) is 11.2 Å². The molecule has 0 amide bonds. The van der Waals surface area contributed by atoms with E-state index in [2.05, 4.69) is 45.8 Å². The second kappa shape index (κ2) is 8.55. The summed E-state index contributed by atoms with van der Waals surface area (Å²) >= 11 is 0. The third-order valence-corrected chi connectivity index (χ3v) is 4.75. The Morgan fingerprint density at radius 3 is 2.68 bits per heavy atom. The predicted molar refractivity (Wildman–Crippen MR) is 107 cm³/mol. The number of aryl methyl sites for hydroxylation is 1. The monoisotopic (exact) mass is 389 g/mol. The van der Waals surface area contributed by atoms with Crippen molar-refractivity contribution >= 4 is 16.9 Å². The predicted octanol–water partition coefficient (Wildman–Crippen LogP) is 1.42. The summed E-state index contributed by atoms with van der Waals surface area (Å²) in [5, 5.41) is 4.53. The number of nitrogens with one attached hydrogen (secondary N) is 1. The van der Waals surface area contributed by atoms with Gasteiger partial charge in [0.2, 0.25) is 5.71 Å². The van der Waals surface area contributed by atoms with Gasteiger partial charge in [-0.05, 0) is 24.9 Å². The first-order chi connectivity index (χ1) is 13.4. The zero-order chi connectivity index (χ0) is 20.3. The van der Waals surface area contributed by atoms with Crippen molar-refractivity contribution < 1.29 is 9.25 Å². The Kier molecular flexibility index (Phi) is 6.13. The van der Waals surface area contributed by atoms with Crippen LogP contribution in [0.4, 0.5) is 0 Å². The Bertz CT molecular complexity index is 970. The standard InChI is InChI=1S/C19H27N5O4/c1-5-13-11-15(25)27-18-16(13)17(26)20-19(21-18)28-22-14(10-12(2)3)24-8-6-23(4)7-9-24/h11-12H,5-10H2,1-4H3,(H,20,21,26)/b22-14-. The van der Waals surface area contributed by atoms with Crippen LogP contribution in [0.2, 0.25) is 0 Å². The highest BCUT2D eigenvalue weighted by Crippen LogP contribution is 2.14. The van der Waals surface area contributed by atoms with Gasteiger partial charge in [0, 0.05) is 38.7 Å². The SMILES string of the molecule is CCc1cc(=O)oc2nc(O/N=C(/CC(C)C)N3CCN(C)CC3)[nH]c(=O)c12. The number of hydrogen-bond donors (Lipinski definition) is 1. The van der Waals surface area contributed by atoms with Crippen LogP contribution < -0.4 is 16.0 Å². The van der Waals surface area contributed by atoms with E-state index in [1.165, 1.54) is 6.07 Å². The molecule has 3 heterocycles. The van der Waals surface area contributed by atoms with Gasteiger partial charge >= 0.3 is 11.6 Å². The molecule has 0 bridgehead atoms. The molecule has 1 N–H and O–H groups in total. The van der Waals surface area contributed by atoms with E-state index in [0.717, 1.165) is 38.4 Å². The molecule has 0 aromatic carbocycles. The summed E-state index contributed by atoms with van der Waals surface area (Å²) in [4.78, 5) is 40.8. The lowest BCUT2D eigenvalue weighted by Gasteiger charge is -2.34. The highest BCUT2D eigenvalue weighted by atomic mass is 16.6. The summed E-state index contributed by atoms with van der Waals surface area (Å²) in [6.45, 7) is 9.71. The summed E-state index contributed by atoms with van der Waals surface area (Å²) in [6, 6.07) is 1.22. The van der Waals surface area contributed by atoms with E-state index in [-0.39, 0.29) is 17.1 Å². The van der Waals surface area contributed by atoms with Crippen LogP contribution >= 0.6 is 0 Å². The van der Waals surface area contributed by atoms with Gasteiger partial charge < -0.3 is 19.1 Å². The number of nitrogens with zero attached hydrogens (tertiary/aromatic N) is 4. The molecule has 0 radical (unpaired) electrons. The van der Waals surface area contributed by atoms with Crippen LogP contribution in [0.1, 0.15) is 32.8 Å². The van der Waals surface area contributed by atoms with E-state index >= 15 is 0 Å². The maximum atomic E-state index is 12.4. The molecule has 0 unspecified atom stereocenters. The summed E-state index contributed by atoms with van der Waals surface area (Å²) in [5.41, 5.74) is -0.410. The maximum absolute atomic E-state index is 12.4. The molecule has 0 aliphatic carbocycles. The van der Waals surface area contributed by atoms with E-state index in [1.807, 2.05) is 6.92 Å². The van der Waals surface area contributed by atoms with Crippen LogP contribution in [0.15, 0.2) is 25.2 Å². The van der Waals surface area contributed by atoms with Crippen molar-refractivity contribution in [2.75, 3.05) is 33.2 Å². The van der Waals surface area contributed by atoms with Crippen molar-refractivity contribution in [3.05, 3.63) is 32.4 Å². The number of fused-ring (bicyclic) bond motifs is 1. The van der Waals surface area contributed by atoms with E-state index in [0.29, 0.717) is 17.9 Å². The second-order valence-electron chi connectivity index (χ2n) is 7.48. The number of H-pyrrole nitrogens is 1. The van der Waals surface area contributed by atoms with Gasteiger partial charge in [-0.3, -0.25) is 9.78 Å². The summed E-state index contributed by atoms with van der Waals surface area (Å²) in [7, 11) is 2.09. The minimum atomic E-state index is -0.546. The lowest BCUT2D eigenvalue weighted by molar-refractivity contribution is 0.204. The smallest absolute Gasteiger partial charge is 0.337 e.